The first-order chi connectivity index (χ1) is 27.2. The Morgan fingerprint density at radius 3 is 1.36 bits per heavy atom. The second kappa shape index (κ2) is 15.6. The smallest absolute Gasteiger partial charge is 0.182 e. The van der Waals surface area contributed by atoms with Crippen LogP contribution in [-0.2, 0) is 31.2 Å². The summed E-state index contributed by atoms with van der Waals surface area (Å²) in [4.78, 5) is 0.589. The van der Waals surface area contributed by atoms with E-state index in [1.165, 1.54) is 0 Å². The van der Waals surface area contributed by atoms with Gasteiger partial charge >= 0.3 is 0 Å². The third-order valence-corrected chi connectivity index (χ3v) is 13.0. The predicted octanol–water partition coefficient (Wildman–Crippen LogP) is 10.4. The largest absolute Gasteiger partial charge is 0.223 e. The molecule has 8 aromatic carbocycles. The van der Waals surface area contributed by atoms with Gasteiger partial charge in [0.15, 0.2) is 19.7 Å². The average Bonchev–Trinajstić information content (AvgIpc) is 3.23. The quantitative estimate of drug-likeness (QED) is 0.152. The van der Waals surface area contributed by atoms with E-state index in [-0.39, 0.29) is 16.4 Å². The fourth-order valence-corrected chi connectivity index (χ4v) is 9.58. The van der Waals surface area contributed by atoms with Crippen LogP contribution in [0.3, 0.4) is 0 Å². The number of benzene rings is 8. The van der Waals surface area contributed by atoms with Crippen LogP contribution in [0.4, 0.5) is 0 Å². The molecule has 0 N–H and O–H groups in total. The van der Waals surface area contributed by atoms with Crippen molar-refractivity contribution >= 4 is 41.2 Å². The fraction of sp³-hybridized carbons (Fsp3) is 0.0400. The molecule has 8 rings (SSSR count). The van der Waals surface area contributed by atoms with Gasteiger partial charge in [0, 0.05) is 33.4 Å². The highest BCUT2D eigenvalue weighted by atomic mass is 32.2. The first-order valence-corrected chi connectivity index (χ1v) is 21.4. The van der Waals surface area contributed by atoms with Gasteiger partial charge in [-0.3, -0.25) is 0 Å². The molecule has 6 heteroatoms. The van der Waals surface area contributed by atoms with Crippen LogP contribution < -0.4 is 0 Å². The molecule has 270 valence electrons. The van der Waals surface area contributed by atoms with Gasteiger partial charge in [0.2, 0.25) is 0 Å². The van der Waals surface area contributed by atoms with Crippen molar-refractivity contribution in [2.45, 2.75) is 21.3 Å². The summed E-state index contributed by atoms with van der Waals surface area (Å²) in [6, 6.07) is 56.4. The summed E-state index contributed by atoms with van der Waals surface area (Å²) >= 11 is 0. The summed E-state index contributed by atoms with van der Waals surface area (Å²) in [7, 11) is -7.00. The Morgan fingerprint density at radius 1 is 0.357 bits per heavy atom. The minimum Gasteiger partial charge on any atom is -0.223 e. The van der Waals surface area contributed by atoms with Crippen molar-refractivity contribution in [3.63, 3.8) is 0 Å². The number of hydrogen-bond acceptors (Lipinski definition) is 4. The molecule has 0 atom stereocenters. The van der Waals surface area contributed by atoms with Crippen molar-refractivity contribution in [1.29, 1.82) is 0 Å². The van der Waals surface area contributed by atoms with Crippen LogP contribution in [0.15, 0.2) is 192 Å². The average molecular weight is 763 g/mol. The molecule has 0 spiro atoms. The SMILES string of the molecule is O=S(=O)(Cc1ccc(C#Cc2ccc3ccccc3c2-c2c(C#Cc3cccc(CS(=O)(=O)c4ccccc4)c3)ccc3ccccc23)cc1)c1ccccc1. The van der Waals surface area contributed by atoms with Gasteiger partial charge in [0.1, 0.15) is 0 Å². The van der Waals surface area contributed by atoms with E-state index in [0.29, 0.717) is 21.6 Å². The second-order valence-electron chi connectivity index (χ2n) is 13.5. The molecule has 0 unspecified atom stereocenters. The lowest BCUT2D eigenvalue weighted by Gasteiger charge is -2.15. The van der Waals surface area contributed by atoms with Crippen LogP contribution in [0, 0.1) is 23.7 Å². The maximum absolute atomic E-state index is 13.1. The first-order valence-electron chi connectivity index (χ1n) is 18.0. The van der Waals surface area contributed by atoms with Gasteiger partial charge in [-0.15, -0.1) is 0 Å². The van der Waals surface area contributed by atoms with Gasteiger partial charge in [-0.05, 0) is 93.3 Å². The molecule has 0 bridgehead atoms. The molecule has 0 aliphatic rings. The zero-order valence-corrected chi connectivity index (χ0v) is 31.8. The number of rotatable bonds is 7. The van der Waals surface area contributed by atoms with E-state index in [4.69, 9.17) is 0 Å². The summed E-state index contributed by atoms with van der Waals surface area (Å²) < 4.78 is 52.2. The van der Waals surface area contributed by atoms with Gasteiger partial charge in [0.25, 0.3) is 0 Å². The van der Waals surface area contributed by atoms with E-state index < -0.39 is 19.7 Å². The first kappa shape index (κ1) is 36.3. The molecule has 4 nitrogen and oxygen atoms in total. The zero-order chi connectivity index (χ0) is 38.5. The Bertz CT molecular complexity index is 3090. The summed E-state index contributed by atoms with van der Waals surface area (Å²) in [5.41, 5.74) is 6.39. The molecule has 0 aliphatic carbocycles. The number of hydrogen-bond donors (Lipinski definition) is 0. The van der Waals surface area contributed by atoms with Crippen LogP contribution in [0.25, 0.3) is 32.7 Å². The van der Waals surface area contributed by atoms with E-state index in [1.807, 2.05) is 84.9 Å². The minimum atomic E-state index is -3.52. The van der Waals surface area contributed by atoms with Crippen molar-refractivity contribution in [1.82, 2.24) is 0 Å². The molecule has 0 saturated heterocycles. The Labute approximate surface area is 328 Å². The van der Waals surface area contributed by atoms with E-state index >= 15 is 0 Å². The third kappa shape index (κ3) is 7.90. The van der Waals surface area contributed by atoms with Gasteiger partial charge in [-0.1, -0.05) is 145 Å². The highest BCUT2D eigenvalue weighted by Crippen LogP contribution is 2.39. The van der Waals surface area contributed by atoms with Crippen molar-refractivity contribution in [3.05, 3.63) is 215 Å². The van der Waals surface area contributed by atoms with Crippen molar-refractivity contribution in [2.75, 3.05) is 0 Å². The van der Waals surface area contributed by atoms with Crippen LogP contribution >= 0.6 is 0 Å². The molecule has 0 aromatic heterocycles. The third-order valence-electron chi connectivity index (χ3n) is 9.59. The van der Waals surface area contributed by atoms with E-state index in [1.54, 1.807) is 60.7 Å². The highest BCUT2D eigenvalue weighted by molar-refractivity contribution is 7.91. The molecule has 0 aliphatic heterocycles. The molecular formula is C50H34O4S2. The maximum Gasteiger partial charge on any atom is 0.182 e. The second-order valence-corrected chi connectivity index (χ2v) is 17.4. The summed E-state index contributed by atoms with van der Waals surface area (Å²) in [5, 5.41) is 4.20. The lowest BCUT2D eigenvalue weighted by molar-refractivity contribution is 0.593. The van der Waals surface area contributed by atoms with Crippen LogP contribution in [0.5, 0.6) is 0 Å². The van der Waals surface area contributed by atoms with Crippen LogP contribution in [0.1, 0.15) is 33.4 Å². The van der Waals surface area contributed by atoms with Gasteiger partial charge in [0.05, 0.1) is 21.3 Å². The molecular weight excluding hydrogens is 729 g/mol. The molecule has 0 saturated carbocycles. The fourth-order valence-electron chi connectivity index (χ4n) is 6.85. The molecule has 0 heterocycles. The number of sulfone groups is 2. The Balaban J connectivity index is 1.19. The Hall–Kier alpha value is -6.70. The maximum atomic E-state index is 13.1. The van der Waals surface area contributed by atoms with Crippen molar-refractivity contribution < 1.29 is 16.8 Å². The summed E-state index contributed by atoms with van der Waals surface area (Å²) in [6.45, 7) is 0. The van der Waals surface area contributed by atoms with Gasteiger partial charge in [-0.25, -0.2) is 16.8 Å². The van der Waals surface area contributed by atoms with Crippen LogP contribution in [0.2, 0.25) is 0 Å². The topological polar surface area (TPSA) is 68.3 Å². The number of fused-ring (bicyclic) bond motifs is 2. The summed E-state index contributed by atoms with van der Waals surface area (Å²) in [6.07, 6.45) is 0. The molecule has 56 heavy (non-hydrogen) atoms. The van der Waals surface area contributed by atoms with E-state index in [9.17, 15) is 16.8 Å². The van der Waals surface area contributed by atoms with E-state index in [2.05, 4.69) is 60.1 Å². The Kier molecular flexibility index (Phi) is 10.1. The van der Waals surface area contributed by atoms with Gasteiger partial charge < -0.3 is 0 Å². The van der Waals surface area contributed by atoms with Crippen LogP contribution in [-0.4, -0.2) is 16.8 Å². The van der Waals surface area contributed by atoms with Crippen molar-refractivity contribution in [2.24, 2.45) is 0 Å². The Morgan fingerprint density at radius 2 is 0.821 bits per heavy atom. The minimum absolute atomic E-state index is 0.0957. The highest BCUT2D eigenvalue weighted by Gasteiger charge is 2.18. The lowest BCUT2D eigenvalue weighted by Crippen LogP contribution is -2.04. The van der Waals surface area contributed by atoms with Crippen molar-refractivity contribution in [3.8, 4) is 34.8 Å². The molecule has 0 radical (unpaired) electrons. The van der Waals surface area contributed by atoms with Gasteiger partial charge in [-0.2, -0.15) is 0 Å². The van der Waals surface area contributed by atoms with E-state index in [0.717, 1.165) is 49.4 Å². The molecule has 8 aromatic rings. The predicted molar refractivity (Wildman–Crippen MR) is 226 cm³/mol. The normalized spacial score (nSPS) is 11.4. The zero-order valence-electron chi connectivity index (χ0n) is 30.2. The molecule has 0 amide bonds. The monoisotopic (exact) mass is 762 g/mol. The standard InChI is InChI=1S/C50H34O4S2/c51-55(52,45-16-3-1-4-17-45)35-39-24-22-37(23-25-39)26-28-43-32-30-41-14-7-9-20-47(41)49(43)50-44(33-31-42-15-8-10-21-48(42)50)29-27-38-12-11-13-40(34-38)36-56(53,54)46-18-5-2-6-19-46/h1-25,30-34H,35-36H2. The molecule has 0 fully saturated rings. The summed E-state index contributed by atoms with van der Waals surface area (Å²) in [5.74, 6) is 13.3. The lowest BCUT2D eigenvalue weighted by atomic mass is 9.87.